The molecule has 0 aliphatic heterocycles. The summed E-state index contributed by atoms with van der Waals surface area (Å²) in [6.45, 7) is 14.5. The number of fused-ring (bicyclic) bond motifs is 2. The number of hydrogen-bond donors (Lipinski definition) is 0. The first-order chi connectivity index (χ1) is 16.8. The van der Waals surface area contributed by atoms with Gasteiger partial charge in [-0.3, -0.25) is 0 Å². The number of hydrogen-bond acceptors (Lipinski definition) is 0. The van der Waals surface area contributed by atoms with Crippen molar-refractivity contribution in [3.63, 3.8) is 0 Å². The van der Waals surface area contributed by atoms with Crippen LogP contribution in [0.4, 0.5) is 0 Å². The maximum Gasteiger partial charge on any atom is 2.00 e. The first-order valence-corrected chi connectivity index (χ1v) is 15.9. The average molecular weight is 637 g/mol. The van der Waals surface area contributed by atoms with E-state index >= 15 is 0 Å². The molecular formula is C32H34Cl2N2SiZr. The molecule has 0 fully saturated rings. The Morgan fingerprint density at radius 2 is 0.921 bits per heavy atom. The predicted octanol–water partition coefficient (Wildman–Crippen LogP) is 2.38. The van der Waals surface area contributed by atoms with Crippen LogP contribution in [0.25, 0.3) is 23.5 Å². The molecular weight excluding hydrogens is 603 g/mol. The first-order valence-electron chi connectivity index (χ1n) is 12.7. The molecule has 0 saturated heterocycles. The van der Waals surface area contributed by atoms with Crippen molar-refractivity contribution < 1.29 is 51.0 Å². The van der Waals surface area contributed by atoms with E-state index in [4.69, 9.17) is 0 Å². The molecule has 2 heterocycles. The zero-order valence-electron chi connectivity index (χ0n) is 22.9. The van der Waals surface area contributed by atoms with Crippen molar-refractivity contribution in [3.8, 4) is 11.4 Å². The molecule has 2 unspecified atom stereocenters. The van der Waals surface area contributed by atoms with Crippen molar-refractivity contribution in [2.45, 2.75) is 51.9 Å². The van der Waals surface area contributed by atoms with Crippen LogP contribution in [-0.4, -0.2) is 17.2 Å². The van der Waals surface area contributed by atoms with Crippen molar-refractivity contribution in [3.05, 3.63) is 118 Å². The van der Waals surface area contributed by atoms with Gasteiger partial charge in [-0.05, 0) is 75.2 Å². The predicted molar refractivity (Wildman–Crippen MR) is 151 cm³/mol. The third-order valence-electron chi connectivity index (χ3n) is 8.25. The second kappa shape index (κ2) is 11.3. The molecule has 0 radical (unpaired) electrons. The van der Waals surface area contributed by atoms with Crippen LogP contribution in [0.15, 0.2) is 83.9 Å². The maximum absolute atomic E-state index is 2.62. The van der Waals surface area contributed by atoms with Crippen molar-refractivity contribution in [2.24, 2.45) is 0 Å². The number of aryl methyl sites for hydroxylation is 2. The molecule has 0 spiro atoms. The number of allylic oxidation sites excluding steroid dienone is 2. The molecule has 6 heteroatoms. The fraction of sp³-hybridized carbons (Fsp3) is 0.250. The van der Waals surface area contributed by atoms with Gasteiger partial charge in [0, 0.05) is 45.2 Å². The smallest absolute Gasteiger partial charge is 1.00 e. The van der Waals surface area contributed by atoms with Gasteiger partial charge in [0.05, 0.1) is 8.07 Å². The van der Waals surface area contributed by atoms with E-state index in [1.165, 1.54) is 56.4 Å². The zero-order chi connectivity index (χ0) is 24.5. The minimum Gasteiger partial charge on any atom is -1.00 e. The van der Waals surface area contributed by atoms with Gasteiger partial charge in [0.2, 0.25) is 0 Å². The van der Waals surface area contributed by atoms with E-state index in [9.17, 15) is 0 Å². The van der Waals surface area contributed by atoms with Gasteiger partial charge < -0.3 is 33.9 Å². The van der Waals surface area contributed by atoms with E-state index in [0.717, 1.165) is 0 Å². The van der Waals surface area contributed by atoms with Gasteiger partial charge >= 0.3 is 26.2 Å². The van der Waals surface area contributed by atoms with Crippen LogP contribution in [0.2, 0.25) is 13.1 Å². The molecule has 2 aliphatic carbocycles. The average Bonchev–Trinajstić information content (AvgIpc) is 3.50. The number of para-hydroxylation sites is 2. The van der Waals surface area contributed by atoms with E-state index in [1.807, 2.05) is 0 Å². The molecule has 2 atom stereocenters. The van der Waals surface area contributed by atoms with Gasteiger partial charge in [-0.2, -0.15) is 0 Å². The summed E-state index contributed by atoms with van der Waals surface area (Å²) in [6, 6.07) is 26.6. The van der Waals surface area contributed by atoms with Gasteiger partial charge in [-0.1, -0.05) is 72.8 Å². The van der Waals surface area contributed by atoms with E-state index in [2.05, 4.69) is 135 Å². The van der Waals surface area contributed by atoms with Gasteiger partial charge in [-0.25, -0.2) is 0 Å². The number of aromatic nitrogens is 2. The van der Waals surface area contributed by atoms with Crippen LogP contribution < -0.4 is 24.8 Å². The Labute approximate surface area is 259 Å². The first kappa shape index (κ1) is 30.7. The Morgan fingerprint density at radius 3 is 1.26 bits per heavy atom. The van der Waals surface area contributed by atoms with Crippen LogP contribution in [-0.2, 0) is 26.2 Å². The number of rotatable bonds is 4. The van der Waals surface area contributed by atoms with Gasteiger partial charge in [0.25, 0.3) is 0 Å². The second-order valence-electron chi connectivity index (χ2n) is 11.1. The summed E-state index contributed by atoms with van der Waals surface area (Å²) < 4.78 is 5.05. The fourth-order valence-corrected chi connectivity index (χ4v) is 12.0. The standard InChI is InChI=1S/C32H34N2Si.2ClH.Zr/c1-21-17-25-19-23(3)33(27-13-9-7-10-14-27)29(25)31(21)35(5,6)32-22(2)18-26-20-24(4)34(30(26)32)28-15-11-8-12-16-28;;;/h7-20,31-32H,1-6H3;2*1H;/q;;;+2/p-2. The molecule has 2 aromatic heterocycles. The van der Waals surface area contributed by atoms with Gasteiger partial charge in [0.15, 0.2) is 0 Å². The topological polar surface area (TPSA) is 9.86 Å². The van der Waals surface area contributed by atoms with Crippen molar-refractivity contribution in [1.29, 1.82) is 0 Å². The molecule has 6 rings (SSSR count). The van der Waals surface area contributed by atoms with Crippen LogP contribution in [0.3, 0.4) is 0 Å². The van der Waals surface area contributed by atoms with Crippen LogP contribution in [0.1, 0.15) is 58.8 Å². The summed E-state index contributed by atoms with van der Waals surface area (Å²) in [5, 5.41) is 0. The van der Waals surface area contributed by atoms with Crippen LogP contribution in [0, 0.1) is 13.8 Å². The maximum atomic E-state index is 2.62. The van der Waals surface area contributed by atoms with Crippen molar-refractivity contribution in [1.82, 2.24) is 9.13 Å². The summed E-state index contributed by atoms with van der Waals surface area (Å²) in [5.74, 6) is 0. The van der Waals surface area contributed by atoms with Crippen LogP contribution in [0.5, 0.6) is 0 Å². The Kier molecular flexibility index (Phi) is 9.16. The Balaban J connectivity index is 0.00000133. The molecule has 0 N–H and O–H groups in total. The third-order valence-corrected chi connectivity index (χ3v) is 12.7. The summed E-state index contributed by atoms with van der Waals surface area (Å²) in [5.41, 5.74) is 15.0. The molecule has 4 aromatic rings. The van der Waals surface area contributed by atoms with Gasteiger partial charge in [-0.15, -0.1) is 0 Å². The number of nitrogens with zero attached hydrogens (tertiary/aromatic N) is 2. The molecule has 0 saturated carbocycles. The summed E-state index contributed by atoms with van der Waals surface area (Å²) in [7, 11) is -1.95. The minimum atomic E-state index is -1.95. The SMILES string of the molecule is CC1=Cc2cc(C)n(-c3ccccc3)c2C1[Si](C)(C)C1C(C)=Cc2cc(C)n(-c3ccccc3)c21.[Cl-].[Cl-].[Zr+2]. The second-order valence-corrected chi connectivity index (χ2v) is 15.9. The van der Waals surface area contributed by atoms with Gasteiger partial charge in [0.1, 0.15) is 0 Å². The number of benzene rings is 2. The van der Waals surface area contributed by atoms with E-state index in [-0.39, 0.29) is 51.0 Å². The van der Waals surface area contributed by atoms with E-state index < -0.39 is 8.07 Å². The molecule has 2 nitrogen and oxygen atoms in total. The third kappa shape index (κ3) is 4.62. The molecule has 2 aliphatic rings. The Bertz CT molecular complexity index is 1400. The molecule has 194 valence electrons. The molecule has 0 amide bonds. The van der Waals surface area contributed by atoms with Crippen molar-refractivity contribution in [2.75, 3.05) is 0 Å². The van der Waals surface area contributed by atoms with Crippen LogP contribution >= 0.6 is 0 Å². The number of halogens is 2. The molecule has 38 heavy (non-hydrogen) atoms. The van der Waals surface area contributed by atoms with E-state index in [0.29, 0.717) is 11.1 Å². The molecule has 0 bridgehead atoms. The van der Waals surface area contributed by atoms with Crippen molar-refractivity contribution >= 4 is 20.2 Å². The fourth-order valence-electron chi connectivity index (χ4n) is 7.16. The summed E-state index contributed by atoms with van der Waals surface area (Å²) in [6.07, 6.45) is 4.91. The van der Waals surface area contributed by atoms with E-state index in [1.54, 1.807) is 0 Å². The summed E-state index contributed by atoms with van der Waals surface area (Å²) in [4.78, 5) is 0. The largest absolute Gasteiger partial charge is 2.00 e. The quantitative estimate of drug-likeness (QED) is 0.305. The normalized spacial score (nSPS) is 17.4. The minimum absolute atomic E-state index is 0. The zero-order valence-corrected chi connectivity index (χ0v) is 27.9. The summed E-state index contributed by atoms with van der Waals surface area (Å²) >= 11 is 0. The Hall–Kier alpha value is -1.84. The molecule has 2 aromatic carbocycles. The monoisotopic (exact) mass is 634 g/mol. The Morgan fingerprint density at radius 1 is 0.579 bits per heavy atom.